The number of benzene rings is 1. The molecule has 2 fully saturated rings. The minimum atomic E-state index is -0.0666. The van der Waals surface area contributed by atoms with Crippen LogP contribution in [-0.2, 0) is 0 Å². The summed E-state index contributed by atoms with van der Waals surface area (Å²) in [6.07, 6.45) is 1.68. The lowest BCUT2D eigenvalue weighted by molar-refractivity contribution is 0.0669. The van der Waals surface area contributed by atoms with Crippen LogP contribution >= 0.6 is 0 Å². The number of piperidine rings is 1. The third kappa shape index (κ3) is 2.29. The van der Waals surface area contributed by atoms with Gasteiger partial charge in [-0.2, -0.15) is 0 Å². The van der Waals surface area contributed by atoms with Gasteiger partial charge in [-0.1, -0.05) is 0 Å². The molecule has 20 heavy (non-hydrogen) atoms. The van der Waals surface area contributed by atoms with Crippen molar-refractivity contribution < 1.29 is 9.90 Å². The molecule has 1 spiro atoms. The number of aromatic hydroxyl groups is 1. The molecule has 2 aliphatic heterocycles. The maximum atomic E-state index is 12.3. The molecule has 2 saturated heterocycles. The molecule has 0 bridgehead atoms. The molecule has 3 rings (SSSR count). The van der Waals surface area contributed by atoms with E-state index in [1.54, 1.807) is 12.1 Å². The monoisotopic (exact) mass is 274 g/mol. The average molecular weight is 274 g/mol. The highest BCUT2D eigenvalue weighted by molar-refractivity contribution is 5.94. The molecule has 0 unspecified atom stereocenters. The van der Waals surface area contributed by atoms with Crippen LogP contribution in [0.4, 0.5) is 0 Å². The second-order valence-corrected chi connectivity index (χ2v) is 5.47. The van der Waals surface area contributed by atoms with E-state index in [-0.39, 0.29) is 17.2 Å². The molecular formula is C14H18N4O2. The van der Waals surface area contributed by atoms with E-state index in [2.05, 4.69) is 10.6 Å². The zero-order valence-corrected chi connectivity index (χ0v) is 11.1. The summed E-state index contributed by atoms with van der Waals surface area (Å²) in [7, 11) is 0. The third-order valence-electron chi connectivity index (χ3n) is 4.12. The fourth-order valence-electron chi connectivity index (χ4n) is 2.84. The number of hydrogen-bond donors (Lipinski definition) is 4. The van der Waals surface area contributed by atoms with Gasteiger partial charge in [-0.25, -0.2) is 0 Å². The summed E-state index contributed by atoms with van der Waals surface area (Å²) in [4.78, 5) is 14.2. The lowest BCUT2D eigenvalue weighted by Crippen LogP contribution is -2.53. The first-order chi connectivity index (χ1) is 9.58. The fourth-order valence-corrected chi connectivity index (χ4v) is 2.84. The van der Waals surface area contributed by atoms with Crippen molar-refractivity contribution in [3.63, 3.8) is 0 Å². The first-order valence-corrected chi connectivity index (χ1v) is 6.77. The number of rotatable bonds is 1. The molecule has 4 N–H and O–H groups in total. The molecule has 0 aliphatic carbocycles. The van der Waals surface area contributed by atoms with Crippen LogP contribution in [0.1, 0.15) is 23.2 Å². The predicted octanol–water partition coefficient (Wildman–Crippen LogP) is 0.495. The summed E-state index contributed by atoms with van der Waals surface area (Å²) in [5.41, 5.74) is 0.534. The first kappa shape index (κ1) is 12.8. The zero-order chi connectivity index (χ0) is 14.2. The topological polar surface area (TPSA) is 88.5 Å². The molecule has 6 heteroatoms. The van der Waals surface area contributed by atoms with Gasteiger partial charge in [-0.15, -0.1) is 0 Å². The number of carbonyl (C=O) groups excluding carboxylic acids is 1. The maximum Gasteiger partial charge on any atom is 0.253 e. The van der Waals surface area contributed by atoms with Crippen LogP contribution in [0.3, 0.4) is 0 Å². The highest BCUT2D eigenvalue weighted by atomic mass is 16.3. The lowest BCUT2D eigenvalue weighted by atomic mass is 9.88. The van der Waals surface area contributed by atoms with Gasteiger partial charge in [0.05, 0.1) is 5.54 Å². The van der Waals surface area contributed by atoms with E-state index in [1.165, 1.54) is 12.1 Å². The van der Waals surface area contributed by atoms with Gasteiger partial charge in [0.1, 0.15) is 5.75 Å². The van der Waals surface area contributed by atoms with Gasteiger partial charge in [-0.3, -0.25) is 10.2 Å². The Kier molecular flexibility index (Phi) is 3.00. The van der Waals surface area contributed by atoms with E-state index in [0.29, 0.717) is 24.6 Å². The Labute approximate surface area is 117 Å². The number of hydrogen-bond acceptors (Lipinski definition) is 3. The standard InChI is InChI=1S/C14H18N4O2/c15-13-16-9-14(17-13)5-7-18(8-6-14)12(20)10-1-3-11(19)4-2-10/h1-4,19H,5-9H2,(H3,15,16,17). The van der Waals surface area contributed by atoms with Crippen LogP contribution in [0.25, 0.3) is 0 Å². The Morgan fingerprint density at radius 2 is 1.90 bits per heavy atom. The number of nitrogens with zero attached hydrogens (tertiary/aromatic N) is 1. The van der Waals surface area contributed by atoms with Crippen molar-refractivity contribution in [2.24, 2.45) is 0 Å². The summed E-state index contributed by atoms with van der Waals surface area (Å²) in [6, 6.07) is 6.35. The van der Waals surface area contributed by atoms with Crippen molar-refractivity contribution >= 4 is 11.9 Å². The highest BCUT2D eigenvalue weighted by Gasteiger charge is 2.40. The summed E-state index contributed by atoms with van der Waals surface area (Å²) in [6.45, 7) is 2.12. The molecule has 2 heterocycles. The summed E-state index contributed by atoms with van der Waals surface area (Å²) in [5.74, 6) is 0.545. The Balaban J connectivity index is 1.64. The molecule has 2 aliphatic rings. The molecule has 106 valence electrons. The number of phenols is 1. The van der Waals surface area contributed by atoms with Crippen LogP contribution < -0.4 is 10.6 Å². The highest BCUT2D eigenvalue weighted by Crippen LogP contribution is 2.25. The number of nitrogens with one attached hydrogen (secondary N) is 3. The maximum absolute atomic E-state index is 12.3. The zero-order valence-electron chi connectivity index (χ0n) is 11.1. The van der Waals surface area contributed by atoms with Crippen molar-refractivity contribution in [2.45, 2.75) is 18.4 Å². The van der Waals surface area contributed by atoms with E-state index >= 15 is 0 Å². The lowest BCUT2D eigenvalue weighted by Gasteiger charge is -2.38. The second kappa shape index (κ2) is 4.70. The summed E-state index contributed by atoms with van der Waals surface area (Å²) >= 11 is 0. The van der Waals surface area contributed by atoms with Gasteiger partial charge in [-0.05, 0) is 37.1 Å². The summed E-state index contributed by atoms with van der Waals surface area (Å²) < 4.78 is 0. The van der Waals surface area contributed by atoms with E-state index in [4.69, 9.17) is 5.41 Å². The quantitative estimate of drug-likeness (QED) is 0.600. The number of phenolic OH excluding ortho intramolecular Hbond substituents is 1. The minimum absolute atomic E-state index is 0.000817. The van der Waals surface area contributed by atoms with E-state index < -0.39 is 0 Å². The van der Waals surface area contributed by atoms with Gasteiger partial charge in [0.15, 0.2) is 5.96 Å². The van der Waals surface area contributed by atoms with Crippen LogP contribution in [-0.4, -0.2) is 47.0 Å². The van der Waals surface area contributed by atoms with Crippen molar-refractivity contribution in [1.29, 1.82) is 5.41 Å². The first-order valence-electron chi connectivity index (χ1n) is 6.77. The van der Waals surface area contributed by atoms with E-state index in [9.17, 15) is 9.90 Å². The molecule has 0 atom stereocenters. The van der Waals surface area contributed by atoms with E-state index in [1.807, 2.05) is 4.90 Å². The third-order valence-corrected chi connectivity index (χ3v) is 4.12. The molecule has 1 aromatic carbocycles. The molecule has 1 aromatic rings. The Morgan fingerprint density at radius 3 is 2.45 bits per heavy atom. The van der Waals surface area contributed by atoms with Crippen LogP contribution in [0, 0.1) is 5.41 Å². The molecule has 6 nitrogen and oxygen atoms in total. The second-order valence-electron chi connectivity index (χ2n) is 5.47. The van der Waals surface area contributed by atoms with Gasteiger partial charge < -0.3 is 20.6 Å². The molecule has 0 radical (unpaired) electrons. The largest absolute Gasteiger partial charge is 0.508 e. The predicted molar refractivity (Wildman–Crippen MR) is 74.8 cm³/mol. The van der Waals surface area contributed by atoms with Crippen molar-refractivity contribution in [2.75, 3.05) is 19.6 Å². The Hall–Kier alpha value is -2.24. The van der Waals surface area contributed by atoms with E-state index in [0.717, 1.165) is 19.4 Å². The molecule has 1 amide bonds. The van der Waals surface area contributed by atoms with Gasteiger partial charge in [0.2, 0.25) is 0 Å². The number of guanidine groups is 1. The Morgan fingerprint density at radius 1 is 1.25 bits per heavy atom. The molecule has 0 aromatic heterocycles. The van der Waals surface area contributed by atoms with Crippen molar-refractivity contribution in [3.8, 4) is 5.75 Å². The molecular weight excluding hydrogens is 256 g/mol. The normalized spacial score (nSPS) is 20.6. The number of likely N-dealkylation sites (tertiary alicyclic amines) is 1. The number of carbonyl (C=O) groups is 1. The van der Waals surface area contributed by atoms with Gasteiger partial charge in [0, 0.05) is 25.2 Å². The minimum Gasteiger partial charge on any atom is -0.508 e. The SMILES string of the molecule is N=C1NCC2(CCN(C(=O)c3ccc(O)cc3)CC2)N1. The van der Waals surface area contributed by atoms with Crippen molar-refractivity contribution in [1.82, 2.24) is 15.5 Å². The summed E-state index contributed by atoms with van der Waals surface area (Å²) in [5, 5.41) is 23.0. The smallest absolute Gasteiger partial charge is 0.253 e. The fraction of sp³-hybridized carbons (Fsp3) is 0.429. The Bertz CT molecular complexity index is 533. The van der Waals surface area contributed by atoms with Crippen LogP contribution in [0.2, 0.25) is 0 Å². The van der Waals surface area contributed by atoms with Crippen molar-refractivity contribution in [3.05, 3.63) is 29.8 Å². The average Bonchev–Trinajstić information content (AvgIpc) is 2.81. The van der Waals surface area contributed by atoms with Gasteiger partial charge >= 0.3 is 0 Å². The van der Waals surface area contributed by atoms with Crippen LogP contribution in [0.5, 0.6) is 5.75 Å². The number of amides is 1. The molecule has 0 saturated carbocycles. The van der Waals surface area contributed by atoms with Crippen LogP contribution in [0.15, 0.2) is 24.3 Å². The van der Waals surface area contributed by atoms with Gasteiger partial charge in [0.25, 0.3) is 5.91 Å².